The Balaban J connectivity index is -0.0000000200. The molecule has 0 amide bonds. The van der Waals surface area contributed by atoms with Crippen molar-refractivity contribution >= 4 is 24.4 Å². The standard InChI is InChI=1S/C2H6O.H2O.Sb.3H/c1-2-3;;;;;/h3H,2H2,1H3;1H2;;;;. The Morgan fingerprint density at radius 2 is 1.60 bits per heavy atom. The number of aliphatic hydroxyl groups is 1. The average molecular weight is 189 g/mol. The first-order valence-electron chi connectivity index (χ1n) is 1.02. The molecule has 0 aromatic heterocycles. The molecular formula is C2H11O2Sb. The van der Waals surface area contributed by atoms with Gasteiger partial charge in [-0.05, 0) is 6.92 Å². The van der Waals surface area contributed by atoms with Crippen LogP contribution in [0.1, 0.15) is 6.92 Å². The Bertz CT molecular complexity index is 7.61. The van der Waals surface area contributed by atoms with Crippen LogP contribution < -0.4 is 0 Å². The molecule has 3 heteroatoms. The molecule has 0 atom stereocenters. The van der Waals surface area contributed by atoms with E-state index in [1.807, 2.05) is 0 Å². The third-order valence-corrected chi connectivity index (χ3v) is 0. The van der Waals surface area contributed by atoms with Crippen LogP contribution in [0, 0.1) is 0 Å². The predicted molar refractivity (Wildman–Crippen MR) is 26.3 cm³/mol. The van der Waals surface area contributed by atoms with Gasteiger partial charge in [-0.25, -0.2) is 0 Å². The molecule has 0 unspecified atom stereocenters. The fourth-order valence-electron chi connectivity index (χ4n) is 0. The van der Waals surface area contributed by atoms with E-state index in [9.17, 15) is 0 Å². The van der Waals surface area contributed by atoms with Crippen molar-refractivity contribution in [3.8, 4) is 0 Å². The summed E-state index contributed by atoms with van der Waals surface area (Å²) >= 11 is 0. The maximum absolute atomic E-state index is 7.57. The summed E-state index contributed by atoms with van der Waals surface area (Å²) in [5, 5.41) is 7.57. The van der Waals surface area contributed by atoms with Crippen molar-refractivity contribution in [3.63, 3.8) is 0 Å². The minimum absolute atomic E-state index is 0. The van der Waals surface area contributed by atoms with Gasteiger partial charge in [0.05, 0.1) is 0 Å². The number of hydrogen-bond acceptors (Lipinski definition) is 1. The summed E-state index contributed by atoms with van der Waals surface area (Å²) < 4.78 is 0. The normalized spacial score (nSPS) is 3.60. The van der Waals surface area contributed by atoms with E-state index in [4.69, 9.17) is 5.11 Å². The van der Waals surface area contributed by atoms with E-state index in [2.05, 4.69) is 0 Å². The molecule has 5 heavy (non-hydrogen) atoms. The SMILES string of the molecule is CCO.O.[SbH3]. The Kier molecular flexibility index (Phi) is 75.3. The molecule has 0 spiro atoms. The second-order valence-corrected chi connectivity index (χ2v) is 0.316. The van der Waals surface area contributed by atoms with Gasteiger partial charge in [-0.15, -0.1) is 0 Å². The van der Waals surface area contributed by atoms with Gasteiger partial charge < -0.3 is 10.6 Å². The summed E-state index contributed by atoms with van der Waals surface area (Å²) in [7, 11) is 0. The first kappa shape index (κ1) is 17.2. The van der Waals surface area contributed by atoms with Gasteiger partial charge in [0.1, 0.15) is 0 Å². The van der Waals surface area contributed by atoms with Gasteiger partial charge in [0, 0.05) is 6.61 Å². The Morgan fingerprint density at radius 1 is 1.60 bits per heavy atom. The fourth-order valence-corrected chi connectivity index (χ4v) is 0. The van der Waals surface area contributed by atoms with Crippen LogP contribution in [0.25, 0.3) is 0 Å². The summed E-state index contributed by atoms with van der Waals surface area (Å²) in [5.41, 5.74) is 0. The van der Waals surface area contributed by atoms with E-state index in [1.54, 1.807) is 6.92 Å². The van der Waals surface area contributed by atoms with Crippen molar-refractivity contribution in [3.05, 3.63) is 0 Å². The first-order valence-corrected chi connectivity index (χ1v) is 1.02. The van der Waals surface area contributed by atoms with E-state index in [0.717, 1.165) is 0 Å². The molecule has 0 radical (unpaired) electrons. The monoisotopic (exact) mass is 188 g/mol. The molecule has 0 aliphatic rings. The zero-order valence-corrected chi connectivity index (χ0v) is 7.40. The van der Waals surface area contributed by atoms with Gasteiger partial charge in [0.15, 0.2) is 0 Å². The van der Waals surface area contributed by atoms with E-state index < -0.39 is 0 Å². The van der Waals surface area contributed by atoms with Crippen LogP contribution in [-0.2, 0) is 0 Å². The average Bonchev–Trinajstić information content (AvgIpc) is 0.918. The number of rotatable bonds is 0. The quantitative estimate of drug-likeness (QED) is 0.439. The van der Waals surface area contributed by atoms with Crippen LogP contribution in [0.2, 0.25) is 0 Å². The molecule has 0 rings (SSSR count). The fraction of sp³-hybridized carbons (Fsp3) is 1.00. The third kappa shape index (κ3) is 65.2. The van der Waals surface area contributed by atoms with Crippen LogP contribution in [0.3, 0.4) is 0 Å². The molecule has 0 saturated carbocycles. The van der Waals surface area contributed by atoms with Crippen molar-refractivity contribution in [1.29, 1.82) is 0 Å². The Morgan fingerprint density at radius 3 is 1.60 bits per heavy atom. The molecule has 0 saturated heterocycles. The Hall–Kier alpha value is 0.738. The van der Waals surface area contributed by atoms with Gasteiger partial charge in [0.2, 0.25) is 0 Å². The van der Waals surface area contributed by atoms with E-state index in [0.29, 0.717) is 0 Å². The summed E-state index contributed by atoms with van der Waals surface area (Å²) in [5.74, 6) is 0. The molecule has 0 aromatic carbocycles. The maximum atomic E-state index is 7.57. The molecule has 0 bridgehead atoms. The summed E-state index contributed by atoms with van der Waals surface area (Å²) in [6.07, 6.45) is 0. The molecule has 0 aliphatic heterocycles. The molecule has 2 nitrogen and oxygen atoms in total. The van der Waals surface area contributed by atoms with Gasteiger partial charge >= 0.3 is 24.4 Å². The summed E-state index contributed by atoms with van der Waals surface area (Å²) in [6.45, 7) is 1.93. The van der Waals surface area contributed by atoms with Gasteiger partial charge in [0.25, 0.3) is 0 Å². The predicted octanol–water partition coefficient (Wildman–Crippen LogP) is -2.01. The van der Waals surface area contributed by atoms with Crippen LogP contribution in [0.5, 0.6) is 0 Å². The van der Waals surface area contributed by atoms with Crippen molar-refractivity contribution in [1.82, 2.24) is 0 Å². The third-order valence-electron chi connectivity index (χ3n) is 0. The second-order valence-electron chi connectivity index (χ2n) is 0.316. The van der Waals surface area contributed by atoms with Crippen molar-refractivity contribution in [2.45, 2.75) is 6.92 Å². The first-order chi connectivity index (χ1) is 1.41. The van der Waals surface area contributed by atoms with Gasteiger partial charge in [-0.1, -0.05) is 0 Å². The van der Waals surface area contributed by atoms with Gasteiger partial charge in [-0.2, -0.15) is 0 Å². The van der Waals surface area contributed by atoms with Crippen LogP contribution in [0.15, 0.2) is 0 Å². The second kappa shape index (κ2) is 21.9. The minimum atomic E-state index is 0. The van der Waals surface area contributed by atoms with E-state index in [-0.39, 0.29) is 36.5 Å². The van der Waals surface area contributed by atoms with Crippen molar-refractivity contribution in [2.75, 3.05) is 6.61 Å². The number of aliphatic hydroxyl groups excluding tert-OH is 1. The molecule has 0 aromatic rings. The zero-order valence-electron chi connectivity index (χ0n) is 3.36. The van der Waals surface area contributed by atoms with Crippen molar-refractivity contribution in [2.24, 2.45) is 0 Å². The summed E-state index contributed by atoms with van der Waals surface area (Å²) in [6, 6.07) is 0. The molecule has 36 valence electrons. The molecule has 0 fully saturated rings. The zero-order chi connectivity index (χ0) is 2.71. The molecule has 3 N–H and O–H groups in total. The van der Waals surface area contributed by atoms with E-state index in [1.165, 1.54) is 0 Å². The van der Waals surface area contributed by atoms with E-state index >= 15 is 0 Å². The van der Waals surface area contributed by atoms with Crippen LogP contribution in [-0.4, -0.2) is 41.6 Å². The summed E-state index contributed by atoms with van der Waals surface area (Å²) in [4.78, 5) is 0. The van der Waals surface area contributed by atoms with Crippen LogP contribution in [0.4, 0.5) is 0 Å². The Labute approximate surface area is 48.9 Å². The molecular weight excluding hydrogens is 178 g/mol. The molecule has 0 heterocycles. The van der Waals surface area contributed by atoms with Crippen molar-refractivity contribution < 1.29 is 10.6 Å². The topological polar surface area (TPSA) is 51.7 Å². The molecule has 0 aliphatic carbocycles. The van der Waals surface area contributed by atoms with Crippen LogP contribution >= 0.6 is 0 Å². The number of hydrogen-bond donors (Lipinski definition) is 1. The van der Waals surface area contributed by atoms with Gasteiger partial charge in [-0.3, -0.25) is 0 Å².